The van der Waals surface area contributed by atoms with Gasteiger partial charge in [0.15, 0.2) is 0 Å². The van der Waals surface area contributed by atoms with Gasteiger partial charge in [-0.3, -0.25) is 9.59 Å². The first kappa shape index (κ1) is 19.4. The number of carbonyl (C=O) groups is 2. The normalized spacial score (nSPS) is 19.7. The first-order chi connectivity index (χ1) is 10.5. The Balaban J connectivity index is 0.00000264. The lowest BCUT2D eigenvalue weighted by Gasteiger charge is -2.28. The van der Waals surface area contributed by atoms with Crippen LogP contribution in [0.25, 0.3) is 0 Å². The maximum absolute atomic E-state index is 12.4. The summed E-state index contributed by atoms with van der Waals surface area (Å²) in [6.07, 6.45) is 0.931. The fourth-order valence-electron chi connectivity index (χ4n) is 2.62. The van der Waals surface area contributed by atoms with Crippen LogP contribution in [0.3, 0.4) is 0 Å². The number of nitrogens with zero attached hydrogens (tertiary/aromatic N) is 1. The molecule has 1 heterocycles. The molecule has 1 aliphatic rings. The van der Waals surface area contributed by atoms with Crippen molar-refractivity contribution in [1.29, 1.82) is 0 Å². The summed E-state index contributed by atoms with van der Waals surface area (Å²) in [5, 5.41) is 0. The summed E-state index contributed by atoms with van der Waals surface area (Å²) in [4.78, 5) is 25.3. The Hall–Kier alpha value is -1.63. The van der Waals surface area contributed by atoms with Crippen molar-refractivity contribution in [1.82, 2.24) is 4.90 Å². The summed E-state index contributed by atoms with van der Waals surface area (Å²) in [6, 6.07) is 8.34. The van der Waals surface area contributed by atoms with Crippen molar-refractivity contribution in [2.45, 2.75) is 44.6 Å². The van der Waals surface area contributed by atoms with Crippen molar-refractivity contribution in [3.8, 4) is 0 Å². The topological polar surface area (TPSA) is 98.7 Å². The van der Waals surface area contributed by atoms with Gasteiger partial charge in [0.25, 0.3) is 0 Å². The van der Waals surface area contributed by atoms with E-state index in [4.69, 9.17) is 16.2 Å². The molecule has 0 aromatic heterocycles. The highest BCUT2D eigenvalue weighted by molar-refractivity contribution is 5.89. The Kier molecular flexibility index (Phi) is 7.48. The van der Waals surface area contributed by atoms with E-state index in [1.54, 1.807) is 6.92 Å². The first-order valence-corrected chi connectivity index (χ1v) is 7.51. The molecule has 1 aromatic carbocycles. The number of primary amides is 1. The average molecular weight is 342 g/mol. The van der Waals surface area contributed by atoms with E-state index >= 15 is 0 Å². The van der Waals surface area contributed by atoms with Gasteiger partial charge in [0.05, 0.1) is 12.7 Å². The number of hydrogen-bond acceptors (Lipinski definition) is 4. The molecule has 0 radical (unpaired) electrons. The van der Waals surface area contributed by atoms with Crippen molar-refractivity contribution in [3.63, 3.8) is 0 Å². The zero-order valence-corrected chi connectivity index (χ0v) is 14.0. The molecular weight excluding hydrogens is 318 g/mol. The van der Waals surface area contributed by atoms with Crippen LogP contribution in [0.4, 0.5) is 0 Å². The van der Waals surface area contributed by atoms with Crippen molar-refractivity contribution >= 4 is 24.2 Å². The second-order valence-corrected chi connectivity index (χ2v) is 5.62. The van der Waals surface area contributed by atoms with Crippen LogP contribution >= 0.6 is 12.4 Å². The van der Waals surface area contributed by atoms with Gasteiger partial charge in [0.1, 0.15) is 12.1 Å². The molecule has 1 unspecified atom stereocenters. The third-order valence-corrected chi connectivity index (χ3v) is 4.01. The summed E-state index contributed by atoms with van der Waals surface area (Å²) in [5.74, 6) is -0.752. The number of halogens is 1. The molecule has 6 nitrogen and oxygen atoms in total. The number of rotatable bonds is 6. The van der Waals surface area contributed by atoms with E-state index in [0.29, 0.717) is 19.6 Å². The molecule has 3 atom stereocenters. The van der Waals surface area contributed by atoms with E-state index in [0.717, 1.165) is 12.0 Å². The molecule has 1 fully saturated rings. The Morgan fingerprint density at radius 2 is 2.00 bits per heavy atom. The lowest BCUT2D eigenvalue weighted by Crippen LogP contribution is -2.53. The van der Waals surface area contributed by atoms with Gasteiger partial charge in [0.2, 0.25) is 11.8 Å². The van der Waals surface area contributed by atoms with Gasteiger partial charge in [-0.1, -0.05) is 30.3 Å². The second kappa shape index (κ2) is 8.86. The average Bonchev–Trinajstić information content (AvgIpc) is 3.02. The summed E-state index contributed by atoms with van der Waals surface area (Å²) in [6.45, 7) is 2.68. The number of likely N-dealkylation sites (tertiary alicyclic amines) is 1. The van der Waals surface area contributed by atoms with Gasteiger partial charge in [0, 0.05) is 6.54 Å². The molecule has 0 bridgehead atoms. The Morgan fingerprint density at radius 3 is 2.61 bits per heavy atom. The number of ether oxygens (including phenoxy) is 1. The third kappa shape index (κ3) is 4.92. The molecule has 4 N–H and O–H groups in total. The van der Waals surface area contributed by atoms with Crippen molar-refractivity contribution in [2.75, 3.05) is 6.54 Å². The van der Waals surface area contributed by atoms with E-state index in [2.05, 4.69) is 0 Å². The van der Waals surface area contributed by atoms with Gasteiger partial charge >= 0.3 is 0 Å². The minimum atomic E-state index is -0.802. The van der Waals surface area contributed by atoms with E-state index in [9.17, 15) is 9.59 Å². The fraction of sp³-hybridized carbons (Fsp3) is 0.500. The van der Waals surface area contributed by atoms with Gasteiger partial charge in [-0.05, 0) is 25.3 Å². The molecule has 23 heavy (non-hydrogen) atoms. The number of benzene rings is 1. The van der Waals surface area contributed by atoms with Crippen LogP contribution in [-0.2, 0) is 20.9 Å². The molecule has 128 valence electrons. The molecule has 0 saturated carbocycles. The zero-order chi connectivity index (χ0) is 16.1. The Labute approximate surface area is 142 Å². The highest BCUT2D eigenvalue weighted by Crippen LogP contribution is 2.19. The quantitative estimate of drug-likeness (QED) is 0.800. The highest BCUT2D eigenvalue weighted by atomic mass is 35.5. The number of hydrogen-bond donors (Lipinski definition) is 2. The van der Waals surface area contributed by atoms with Crippen LogP contribution in [0.15, 0.2) is 30.3 Å². The molecule has 2 rings (SSSR count). The summed E-state index contributed by atoms with van der Waals surface area (Å²) >= 11 is 0. The van der Waals surface area contributed by atoms with E-state index in [1.807, 2.05) is 30.3 Å². The van der Waals surface area contributed by atoms with E-state index in [-0.39, 0.29) is 18.3 Å². The van der Waals surface area contributed by atoms with Crippen molar-refractivity contribution < 1.29 is 14.3 Å². The summed E-state index contributed by atoms with van der Waals surface area (Å²) < 4.78 is 5.68. The predicted octanol–water partition coefficient (Wildman–Crippen LogP) is 0.817. The van der Waals surface area contributed by atoms with Gasteiger partial charge in [-0.15, -0.1) is 12.4 Å². The minimum Gasteiger partial charge on any atom is -0.372 e. The SMILES string of the molecule is CC(OCc1ccccc1)[C@H](N)C(=O)N1CCC[C@H]1C(N)=O.Cl. The van der Waals surface area contributed by atoms with Gasteiger partial charge < -0.3 is 21.1 Å². The smallest absolute Gasteiger partial charge is 0.242 e. The van der Waals surface area contributed by atoms with Crippen LogP contribution < -0.4 is 11.5 Å². The second-order valence-electron chi connectivity index (χ2n) is 5.62. The first-order valence-electron chi connectivity index (χ1n) is 7.51. The fourth-order valence-corrected chi connectivity index (χ4v) is 2.62. The lowest BCUT2D eigenvalue weighted by molar-refractivity contribution is -0.141. The number of nitrogens with two attached hydrogens (primary N) is 2. The molecule has 1 aromatic rings. The largest absolute Gasteiger partial charge is 0.372 e. The highest BCUT2D eigenvalue weighted by Gasteiger charge is 2.36. The lowest BCUT2D eigenvalue weighted by atomic mass is 10.1. The van der Waals surface area contributed by atoms with Gasteiger partial charge in [-0.25, -0.2) is 0 Å². The maximum Gasteiger partial charge on any atom is 0.242 e. The van der Waals surface area contributed by atoms with Crippen LogP contribution in [0.5, 0.6) is 0 Å². The van der Waals surface area contributed by atoms with E-state index in [1.165, 1.54) is 4.90 Å². The maximum atomic E-state index is 12.4. The monoisotopic (exact) mass is 341 g/mol. The standard InChI is InChI=1S/C16H23N3O3.ClH/c1-11(22-10-12-6-3-2-4-7-12)14(17)16(21)19-9-5-8-13(19)15(18)20;/h2-4,6-7,11,13-14H,5,8-10,17H2,1H3,(H2,18,20);1H/t11?,13-,14-;/m0./s1. The summed E-state index contributed by atoms with van der Waals surface area (Å²) in [7, 11) is 0. The van der Waals surface area contributed by atoms with Gasteiger partial charge in [-0.2, -0.15) is 0 Å². The van der Waals surface area contributed by atoms with Crippen LogP contribution in [0.2, 0.25) is 0 Å². The number of carbonyl (C=O) groups excluding carboxylic acids is 2. The molecule has 1 saturated heterocycles. The molecule has 1 aliphatic heterocycles. The van der Waals surface area contributed by atoms with Crippen LogP contribution in [0, 0.1) is 0 Å². The van der Waals surface area contributed by atoms with Crippen LogP contribution in [-0.4, -0.2) is 41.4 Å². The predicted molar refractivity (Wildman–Crippen MR) is 89.8 cm³/mol. The molecule has 0 spiro atoms. The molecule has 0 aliphatic carbocycles. The molecule has 2 amide bonds. The zero-order valence-electron chi connectivity index (χ0n) is 13.2. The Bertz CT molecular complexity index is 527. The number of amides is 2. The Morgan fingerprint density at radius 1 is 1.35 bits per heavy atom. The van der Waals surface area contributed by atoms with Crippen molar-refractivity contribution in [2.24, 2.45) is 11.5 Å². The summed E-state index contributed by atoms with van der Waals surface area (Å²) in [5.41, 5.74) is 12.3. The third-order valence-electron chi connectivity index (χ3n) is 4.01. The molecular formula is C16H24ClN3O3. The van der Waals surface area contributed by atoms with Crippen molar-refractivity contribution in [3.05, 3.63) is 35.9 Å². The van der Waals surface area contributed by atoms with Crippen LogP contribution in [0.1, 0.15) is 25.3 Å². The van der Waals surface area contributed by atoms with E-state index < -0.39 is 24.1 Å². The molecule has 7 heteroatoms. The minimum absolute atomic E-state index is 0.